The van der Waals surface area contributed by atoms with Gasteiger partial charge in [0.2, 0.25) is 11.8 Å². The summed E-state index contributed by atoms with van der Waals surface area (Å²) in [7, 11) is 0. The number of hydrogen-bond donors (Lipinski definition) is 3. The van der Waals surface area contributed by atoms with E-state index in [2.05, 4.69) is 10.6 Å². The molecule has 5 nitrogen and oxygen atoms in total. The van der Waals surface area contributed by atoms with Gasteiger partial charge in [0.25, 0.3) is 0 Å². The lowest BCUT2D eigenvalue weighted by Crippen LogP contribution is -2.28. The molecule has 2 rings (SSSR count). The minimum atomic E-state index is -0.0602. The van der Waals surface area contributed by atoms with Crippen molar-refractivity contribution < 1.29 is 9.59 Å². The zero-order chi connectivity index (χ0) is 16.1. The van der Waals surface area contributed by atoms with Gasteiger partial charge >= 0.3 is 0 Å². The monoisotopic (exact) mass is 339 g/mol. The van der Waals surface area contributed by atoms with Crippen LogP contribution in [0.5, 0.6) is 0 Å². The number of halogens is 1. The van der Waals surface area contributed by atoms with Crippen LogP contribution in [0.4, 0.5) is 11.4 Å². The number of carbonyl (C=O) groups excluding carboxylic acids is 2. The third-order valence-corrected chi connectivity index (χ3v) is 4.13. The first-order chi connectivity index (χ1) is 10.5. The Kier molecular flexibility index (Phi) is 7.52. The van der Waals surface area contributed by atoms with Gasteiger partial charge in [-0.3, -0.25) is 9.59 Å². The second kappa shape index (κ2) is 8.89. The van der Waals surface area contributed by atoms with Crippen LogP contribution in [0.3, 0.4) is 0 Å². The van der Waals surface area contributed by atoms with Crippen molar-refractivity contribution in [2.24, 2.45) is 17.6 Å². The van der Waals surface area contributed by atoms with Crippen LogP contribution in [-0.4, -0.2) is 17.9 Å². The van der Waals surface area contributed by atoms with Gasteiger partial charge < -0.3 is 16.4 Å². The van der Waals surface area contributed by atoms with E-state index in [9.17, 15) is 9.59 Å². The van der Waals surface area contributed by atoms with Gasteiger partial charge in [0.05, 0.1) is 0 Å². The van der Waals surface area contributed by atoms with E-state index in [0.29, 0.717) is 12.3 Å². The summed E-state index contributed by atoms with van der Waals surface area (Å²) in [6, 6.07) is 7.32. The number of benzene rings is 1. The molecule has 2 atom stereocenters. The normalized spacial score (nSPS) is 20.0. The minimum Gasteiger partial charge on any atom is -0.327 e. The Balaban J connectivity index is 0.00000264. The van der Waals surface area contributed by atoms with Crippen LogP contribution >= 0.6 is 12.4 Å². The van der Waals surface area contributed by atoms with E-state index in [0.717, 1.165) is 30.6 Å². The summed E-state index contributed by atoms with van der Waals surface area (Å²) in [5.41, 5.74) is 7.46. The highest BCUT2D eigenvalue weighted by atomic mass is 35.5. The molecular weight excluding hydrogens is 314 g/mol. The Hall–Kier alpha value is -1.59. The molecule has 0 aromatic heterocycles. The second-order valence-corrected chi connectivity index (χ2v) is 6.33. The fourth-order valence-electron chi connectivity index (χ4n) is 2.69. The number of rotatable bonds is 5. The third-order valence-electron chi connectivity index (χ3n) is 4.13. The molecule has 1 saturated carbocycles. The molecule has 0 aliphatic heterocycles. The van der Waals surface area contributed by atoms with E-state index < -0.39 is 0 Å². The first-order valence-corrected chi connectivity index (χ1v) is 7.92. The molecule has 128 valence electrons. The van der Waals surface area contributed by atoms with E-state index in [1.165, 1.54) is 0 Å². The molecule has 1 fully saturated rings. The average Bonchev–Trinajstić information content (AvgIpc) is 2.86. The van der Waals surface area contributed by atoms with E-state index >= 15 is 0 Å². The first-order valence-electron chi connectivity index (χ1n) is 7.92. The summed E-state index contributed by atoms with van der Waals surface area (Å²) in [5, 5.41) is 5.70. The highest BCUT2D eigenvalue weighted by Gasteiger charge is 2.25. The lowest BCUT2D eigenvalue weighted by Gasteiger charge is -2.15. The molecule has 0 heterocycles. The molecule has 0 bridgehead atoms. The first kappa shape index (κ1) is 19.5. The van der Waals surface area contributed by atoms with E-state index in [4.69, 9.17) is 5.73 Å². The maximum Gasteiger partial charge on any atom is 0.226 e. The second-order valence-electron chi connectivity index (χ2n) is 6.33. The van der Waals surface area contributed by atoms with Crippen LogP contribution in [0.1, 0.15) is 39.5 Å². The quantitative estimate of drug-likeness (QED) is 0.770. The standard InChI is InChI=1S/C17H25N3O2.ClH/c1-11(2)17(22)20-14-8-6-13(7-9-14)19-16(21)10-12-4-3-5-15(12)18;/h6-9,11-12,15H,3-5,10,18H2,1-2H3,(H,19,21)(H,20,22);1H/t12-,15+;/m0./s1. The van der Waals surface area contributed by atoms with Crippen molar-refractivity contribution in [2.45, 2.75) is 45.6 Å². The Morgan fingerprint density at radius 1 is 1.13 bits per heavy atom. The van der Waals surface area contributed by atoms with Crippen molar-refractivity contribution >= 4 is 35.6 Å². The third kappa shape index (κ3) is 5.84. The topological polar surface area (TPSA) is 84.2 Å². The van der Waals surface area contributed by atoms with Crippen LogP contribution in [0.25, 0.3) is 0 Å². The van der Waals surface area contributed by atoms with Gasteiger partial charge in [-0.25, -0.2) is 0 Å². The zero-order valence-electron chi connectivity index (χ0n) is 13.7. The fraction of sp³-hybridized carbons (Fsp3) is 0.529. The maximum absolute atomic E-state index is 12.0. The SMILES string of the molecule is CC(C)C(=O)Nc1ccc(NC(=O)C[C@@H]2CCC[C@H]2N)cc1.Cl. The molecule has 23 heavy (non-hydrogen) atoms. The zero-order valence-corrected chi connectivity index (χ0v) is 14.5. The molecule has 2 amide bonds. The average molecular weight is 340 g/mol. The molecule has 6 heteroatoms. The molecule has 0 spiro atoms. The van der Waals surface area contributed by atoms with Crippen LogP contribution in [0.15, 0.2) is 24.3 Å². The Labute approximate surface area is 143 Å². The van der Waals surface area contributed by atoms with Crippen molar-refractivity contribution in [3.05, 3.63) is 24.3 Å². The number of anilines is 2. The molecule has 0 radical (unpaired) electrons. The number of nitrogens with one attached hydrogen (secondary N) is 2. The van der Waals surface area contributed by atoms with Gasteiger partial charge in [0, 0.05) is 29.8 Å². The number of nitrogens with two attached hydrogens (primary N) is 1. The molecule has 1 aromatic rings. The van der Waals surface area contributed by atoms with Crippen LogP contribution < -0.4 is 16.4 Å². The smallest absolute Gasteiger partial charge is 0.226 e. The molecule has 1 aromatic carbocycles. The number of carbonyl (C=O) groups is 2. The molecular formula is C17H26ClN3O2. The molecule has 0 unspecified atom stereocenters. The van der Waals surface area contributed by atoms with Crippen molar-refractivity contribution in [2.75, 3.05) is 10.6 Å². The van der Waals surface area contributed by atoms with E-state index in [1.54, 1.807) is 24.3 Å². The van der Waals surface area contributed by atoms with Crippen molar-refractivity contribution in [3.63, 3.8) is 0 Å². The Morgan fingerprint density at radius 3 is 2.17 bits per heavy atom. The highest BCUT2D eigenvalue weighted by Crippen LogP contribution is 2.27. The van der Waals surface area contributed by atoms with Crippen molar-refractivity contribution in [1.82, 2.24) is 0 Å². The van der Waals surface area contributed by atoms with Gasteiger partial charge in [-0.05, 0) is 43.0 Å². The predicted octanol–water partition coefficient (Wildman–Crippen LogP) is 3.16. The molecule has 0 saturated heterocycles. The summed E-state index contributed by atoms with van der Waals surface area (Å²) in [6.45, 7) is 3.69. The summed E-state index contributed by atoms with van der Waals surface area (Å²) >= 11 is 0. The van der Waals surface area contributed by atoms with E-state index in [-0.39, 0.29) is 36.2 Å². The number of hydrogen-bond acceptors (Lipinski definition) is 3. The summed E-state index contributed by atoms with van der Waals surface area (Å²) < 4.78 is 0. The Bertz CT molecular complexity index is 531. The van der Waals surface area contributed by atoms with E-state index in [1.807, 2.05) is 13.8 Å². The van der Waals surface area contributed by atoms with Crippen LogP contribution in [0, 0.1) is 11.8 Å². The predicted molar refractivity (Wildman–Crippen MR) is 95.7 cm³/mol. The van der Waals surface area contributed by atoms with Gasteiger partial charge in [0.15, 0.2) is 0 Å². The molecule has 1 aliphatic carbocycles. The van der Waals surface area contributed by atoms with Gasteiger partial charge in [-0.2, -0.15) is 0 Å². The molecule has 4 N–H and O–H groups in total. The van der Waals surface area contributed by atoms with Crippen molar-refractivity contribution in [1.29, 1.82) is 0 Å². The largest absolute Gasteiger partial charge is 0.327 e. The summed E-state index contributed by atoms with van der Waals surface area (Å²) in [6.07, 6.45) is 3.65. The van der Waals surface area contributed by atoms with Gasteiger partial charge in [-0.15, -0.1) is 12.4 Å². The van der Waals surface area contributed by atoms with Crippen LogP contribution in [0.2, 0.25) is 0 Å². The lowest BCUT2D eigenvalue weighted by molar-refractivity contribution is -0.119. The highest BCUT2D eigenvalue weighted by molar-refractivity contribution is 5.93. The minimum absolute atomic E-state index is 0. The van der Waals surface area contributed by atoms with Gasteiger partial charge in [0.1, 0.15) is 0 Å². The lowest BCUT2D eigenvalue weighted by atomic mass is 10.00. The molecule has 1 aliphatic rings. The Morgan fingerprint density at radius 2 is 1.70 bits per heavy atom. The summed E-state index contributed by atoms with van der Waals surface area (Å²) in [4.78, 5) is 23.6. The van der Waals surface area contributed by atoms with Crippen LogP contribution in [-0.2, 0) is 9.59 Å². The maximum atomic E-state index is 12.0. The number of amides is 2. The van der Waals surface area contributed by atoms with Crippen molar-refractivity contribution in [3.8, 4) is 0 Å². The summed E-state index contributed by atoms with van der Waals surface area (Å²) in [5.74, 6) is 0.216. The van der Waals surface area contributed by atoms with Gasteiger partial charge in [-0.1, -0.05) is 20.3 Å². The fourth-order valence-corrected chi connectivity index (χ4v) is 2.69.